The van der Waals surface area contributed by atoms with Crippen molar-refractivity contribution in [2.75, 3.05) is 39.3 Å². The average Bonchev–Trinajstić information content (AvgIpc) is 3.35. The standard InChI is InChI=1S/C24H21Cl2FN4O2S/c25-19-9-15(16-2-4-21(27)20(26)10-16)1-3-18(19)23(32)31-11-17(12-31)29-5-7-30(8-6-29)24(33)22-13-34-14-28-22/h1-4,9-10,13-14,17H,5-8,11-12H2. The molecule has 2 aliphatic heterocycles. The number of rotatable bonds is 4. The van der Waals surface area contributed by atoms with E-state index in [2.05, 4.69) is 9.88 Å². The fraction of sp³-hybridized carbons (Fsp3) is 0.292. The maximum atomic E-state index is 13.4. The molecule has 0 saturated carbocycles. The molecule has 0 radical (unpaired) electrons. The molecule has 0 atom stereocenters. The molecule has 0 spiro atoms. The van der Waals surface area contributed by atoms with Crippen LogP contribution in [0.5, 0.6) is 0 Å². The van der Waals surface area contributed by atoms with Crippen LogP contribution in [0.25, 0.3) is 11.1 Å². The lowest BCUT2D eigenvalue weighted by Crippen LogP contribution is -2.64. The van der Waals surface area contributed by atoms with Crippen LogP contribution in [0.15, 0.2) is 47.3 Å². The largest absolute Gasteiger partial charge is 0.335 e. The normalized spacial score (nSPS) is 17.0. The molecule has 2 aromatic carbocycles. The number of carbonyl (C=O) groups is 2. The first-order chi connectivity index (χ1) is 16.4. The highest BCUT2D eigenvalue weighted by atomic mass is 35.5. The van der Waals surface area contributed by atoms with Crippen LogP contribution in [-0.2, 0) is 0 Å². The van der Waals surface area contributed by atoms with E-state index in [0.29, 0.717) is 42.5 Å². The highest BCUT2D eigenvalue weighted by molar-refractivity contribution is 7.07. The van der Waals surface area contributed by atoms with E-state index in [9.17, 15) is 14.0 Å². The maximum Gasteiger partial charge on any atom is 0.273 e. The molecule has 2 aliphatic rings. The summed E-state index contributed by atoms with van der Waals surface area (Å²) in [6, 6.07) is 9.94. The number of hydrogen-bond acceptors (Lipinski definition) is 5. The minimum Gasteiger partial charge on any atom is -0.335 e. The first-order valence-electron chi connectivity index (χ1n) is 10.9. The number of hydrogen-bond donors (Lipinski definition) is 0. The average molecular weight is 519 g/mol. The van der Waals surface area contributed by atoms with Crippen LogP contribution in [-0.4, -0.2) is 76.8 Å². The molecule has 10 heteroatoms. The van der Waals surface area contributed by atoms with E-state index in [0.717, 1.165) is 24.2 Å². The summed E-state index contributed by atoms with van der Waals surface area (Å²) in [5, 5.41) is 2.16. The number of nitrogens with zero attached hydrogens (tertiary/aromatic N) is 4. The quantitative estimate of drug-likeness (QED) is 0.508. The Kier molecular flexibility index (Phi) is 6.57. The second-order valence-corrected chi connectivity index (χ2v) is 9.92. The Balaban J connectivity index is 1.16. The van der Waals surface area contributed by atoms with E-state index in [1.807, 2.05) is 4.90 Å². The van der Waals surface area contributed by atoms with Gasteiger partial charge in [0.2, 0.25) is 0 Å². The lowest BCUT2D eigenvalue weighted by atomic mass is 10.0. The molecule has 0 N–H and O–H groups in total. The Morgan fingerprint density at radius 1 is 0.912 bits per heavy atom. The number of aromatic nitrogens is 1. The molecule has 0 aliphatic carbocycles. The highest BCUT2D eigenvalue weighted by Crippen LogP contribution is 2.30. The molecule has 1 aromatic heterocycles. The summed E-state index contributed by atoms with van der Waals surface area (Å²) in [6.45, 7) is 4.12. The number of likely N-dealkylation sites (tertiary alicyclic amines) is 1. The van der Waals surface area contributed by atoms with Gasteiger partial charge in [-0.05, 0) is 35.4 Å². The van der Waals surface area contributed by atoms with Crippen LogP contribution in [0.2, 0.25) is 10.0 Å². The van der Waals surface area contributed by atoms with Crippen molar-refractivity contribution in [1.29, 1.82) is 0 Å². The Bertz CT molecular complexity index is 1230. The minimum absolute atomic E-state index is 0.0210. The van der Waals surface area contributed by atoms with Crippen molar-refractivity contribution in [3.8, 4) is 11.1 Å². The zero-order chi connectivity index (χ0) is 23.8. The monoisotopic (exact) mass is 518 g/mol. The molecule has 0 bridgehead atoms. The summed E-state index contributed by atoms with van der Waals surface area (Å²) in [5.41, 5.74) is 4.10. The fourth-order valence-corrected chi connectivity index (χ4v) is 5.30. The van der Waals surface area contributed by atoms with Crippen LogP contribution >= 0.6 is 34.5 Å². The van der Waals surface area contributed by atoms with E-state index in [1.165, 1.54) is 23.5 Å². The van der Waals surface area contributed by atoms with Crippen molar-refractivity contribution in [2.45, 2.75) is 6.04 Å². The first kappa shape index (κ1) is 23.2. The lowest BCUT2D eigenvalue weighted by Gasteiger charge is -2.48. The summed E-state index contributed by atoms with van der Waals surface area (Å²) in [4.78, 5) is 35.5. The lowest BCUT2D eigenvalue weighted by molar-refractivity contribution is 0.00845. The Morgan fingerprint density at radius 3 is 2.21 bits per heavy atom. The number of thiazole rings is 1. The fourth-order valence-electron chi connectivity index (χ4n) is 4.34. The summed E-state index contributed by atoms with van der Waals surface area (Å²) in [7, 11) is 0. The van der Waals surface area contributed by atoms with Crippen LogP contribution in [0.3, 0.4) is 0 Å². The SMILES string of the molecule is O=C(c1cscn1)N1CCN(C2CN(C(=O)c3ccc(-c4ccc(F)c(Cl)c4)cc3Cl)C2)CC1. The topological polar surface area (TPSA) is 56.8 Å². The summed E-state index contributed by atoms with van der Waals surface area (Å²) >= 11 is 13.7. The highest BCUT2D eigenvalue weighted by Gasteiger charge is 2.37. The van der Waals surface area contributed by atoms with Crippen LogP contribution in [0.1, 0.15) is 20.8 Å². The van der Waals surface area contributed by atoms with Gasteiger partial charge in [0.05, 0.1) is 21.1 Å². The molecule has 5 rings (SSSR count). The molecule has 176 valence electrons. The van der Waals surface area contributed by atoms with Crippen LogP contribution in [0, 0.1) is 5.82 Å². The number of halogens is 3. The number of amides is 2. The molecule has 34 heavy (non-hydrogen) atoms. The second kappa shape index (κ2) is 9.62. The zero-order valence-corrected chi connectivity index (χ0v) is 20.4. The van der Waals surface area contributed by atoms with Gasteiger partial charge in [-0.25, -0.2) is 9.37 Å². The summed E-state index contributed by atoms with van der Waals surface area (Å²) in [6.07, 6.45) is 0. The Hall–Kier alpha value is -2.52. The van der Waals surface area contributed by atoms with Gasteiger partial charge in [0.15, 0.2) is 0 Å². The van der Waals surface area contributed by atoms with E-state index in [-0.39, 0.29) is 22.9 Å². The number of benzene rings is 2. The molecule has 3 heterocycles. The van der Waals surface area contributed by atoms with E-state index in [1.54, 1.807) is 40.1 Å². The van der Waals surface area contributed by atoms with Gasteiger partial charge >= 0.3 is 0 Å². The van der Waals surface area contributed by atoms with E-state index < -0.39 is 5.82 Å². The van der Waals surface area contributed by atoms with E-state index >= 15 is 0 Å². The van der Waals surface area contributed by atoms with Crippen molar-refractivity contribution in [3.63, 3.8) is 0 Å². The minimum atomic E-state index is -0.483. The molecular formula is C24H21Cl2FN4O2S. The third-order valence-corrected chi connectivity index (χ3v) is 7.56. The molecule has 2 amide bonds. The smallest absolute Gasteiger partial charge is 0.273 e. The van der Waals surface area contributed by atoms with Crippen LogP contribution < -0.4 is 0 Å². The summed E-state index contributed by atoms with van der Waals surface area (Å²) in [5.74, 6) is -0.613. The molecule has 2 saturated heterocycles. The van der Waals surface area contributed by atoms with Gasteiger partial charge in [0.1, 0.15) is 11.5 Å². The predicted octanol–water partition coefficient (Wildman–Crippen LogP) is 4.54. The maximum absolute atomic E-state index is 13.4. The van der Waals surface area contributed by atoms with E-state index in [4.69, 9.17) is 23.2 Å². The van der Waals surface area contributed by atoms with Gasteiger partial charge in [0.25, 0.3) is 11.8 Å². The van der Waals surface area contributed by atoms with Gasteiger partial charge in [-0.15, -0.1) is 11.3 Å². The number of piperazine rings is 1. The summed E-state index contributed by atoms with van der Waals surface area (Å²) < 4.78 is 13.4. The third kappa shape index (κ3) is 4.55. The molecule has 6 nitrogen and oxygen atoms in total. The van der Waals surface area contributed by atoms with Crippen molar-refractivity contribution >= 4 is 46.4 Å². The molecular weight excluding hydrogens is 498 g/mol. The van der Waals surface area contributed by atoms with Gasteiger partial charge in [-0.3, -0.25) is 14.5 Å². The Morgan fingerprint density at radius 2 is 1.59 bits per heavy atom. The van der Waals surface area contributed by atoms with Gasteiger partial charge in [0, 0.05) is 50.7 Å². The van der Waals surface area contributed by atoms with Crippen molar-refractivity contribution < 1.29 is 14.0 Å². The predicted molar refractivity (Wildman–Crippen MR) is 131 cm³/mol. The molecule has 0 unspecified atom stereocenters. The molecule has 2 fully saturated rings. The van der Waals surface area contributed by atoms with Crippen molar-refractivity contribution in [2.24, 2.45) is 0 Å². The number of carbonyl (C=O) groups excluding carboxylic acids is 2. The van der Waals surface area contributed by atoms with Crippen LogP contribution in [0.4, 0.5) is 4.39 Å². The van der Waals surface area contributed by atoms with Gasteiger partial charge in [-0.1, -0.05) is 35.3 Å². The first-order valence-corrected chi connectivity index (χ1v) is 12.6. The molecule has 3 aromatic rings. The van der Waals surface area contributed by atoms with Gasteiger partial charge < -0.3 is 9.80 Å². The Labute approximate surface area is 210 Å². The second-order valence-electron chi connectivity index (χ2n) is 8.39. The van der Waals surface area contributed by atoms with Crippen molar-refractivity contribution in [3.05, 3.63) is 74.4 Å². The third-order valence-electron chi connectivity index (χ3n) is 6.37. The van der Waals surface area contributed by atoms with Crippen molar-refractivity contribution in [1.82, 2.24) is 19.7 Å². The zero-order valence-electron chi connectivity index (χ0n) is 18.1. The van der Waals surface area contributed by atoms with Gasteiger partial charge in [-0.2, -0.15) is 0 Å².